The number of H-pyrrole nitrogens is 1. The topological polar surface area (TPSA) is 126 Å². The van der Waals surface area contributed by atoms with Crippen molar-refractivity contribution in [2.24, 2.45) is 11.1 Å². The van der Waals surface area contributed by atoms with E-state index in [1.54, 1.807) is 0 Å². The number of allylic oxidation sites excluding steroid dienone is 3. The Balaban J connectivity index is 1.34. The summed E-state index contributed by atoms with van der Waals surface area (Å²) in [6.45, 7) is 16.8. The SMILES string of the molecule is CC(C)=CCc1cccc2[nH]c3c(c12)C[C@]1(N)CC[C@@](O)(C24CO[C@H]5[C@@H](OC(C=C(C)C)OC5(C)C)C2O4)[C@](C)(CC#N)[C@@]31C. The van der Waals surface area contributed by atoms with Gasteiger partial charge in [0.2, 0.25) is 0 Å². The van der Waals surface area contributed by atoms with Crippen LogP contribution in [0.15, 0.2) is 41.5 Å². The molecule has 0 radical (unpaired) electrons. The molecule has 1 aromatic heterocycles. The van der Waals surface area contributed by atoms with Crippen LogP contribution in [0.1, 0.15) is 91.5 Å². The first-order valence-electron chi connectivity index (χ1n) is 16.5. The highest BCUT2D eigenvalue weighted by Gasteiger charge is 2.84. The number of aliphatic hydroxyl groups is 1. The molecule has 3 aliphatic heterocycles. The van der Waals surface area contributed by atoms with E-state index in [1.165, 1.54) is 22.1 Å². The predicted octanol–water partition coefficient (Wildman–Crippen LogP) is 5.66. The van der Waals surface area contributed by atoms with Gasteiger partial charge in [0.1, 0.15) is 29.5 Å². The van der Waals surface area contributed by atoms with E-state index < -0.39 is 51.7 Å². The first-order chi connectivity index (χ1) is 21.1. The molecule has 242 valence electrons. The van der Waals surface area contributed by atoms with E-state index in [9.17, 15) is 10.4 Å². The number of nitrogens with one attached hydrogen (secondary N) is 1. The number of epoxide rings is 1. The molecule has 1 aromatic carbocycles. The number of ether oxygens (including phenoxy) is 4. The summed E-state index contributed by atoms with van der Waals surface area (Å²) in [5.74, 6) is 0. The summed E-state index contributed by atoms with van der Waals surface area (Å²) in [6, 6.07) is 8.90. The number of aromatic amines is 1. The van der Waals surface area contributed by atoms with Crippen molar-refractivity contribution in [1.29, 1.82) is 5.26 Å². The summed E-state index contributed by atoms with van der Waals surface area (Å²) in [5.41, 5.74) is 9.01. The highest BCUT2D eigenvalue weighted by molar-refractivity contribution is 5.90. The Labute approximate surface area is 266 Å². The number of benzene rings is 1. The second-order valence-corrected chi connectivity index (χ2v) is 15.9. The van der Waals surface area contributed by atoms with Gasteiger partial charge in [-0.2, -0.15) is 5.26 Å². The van der Waals surface area contributed by atoms with Crippen LogP contribution in [-0.2, 0) is 37.2 Å². The molecule has 8 heteroatoms. The summed E-state index contributed by atoms with van der Waals surface area (Å²) in [5, 5.41) is 24.9. The number of nitrogens with zero attached hydrogens (tertiary/aromatic N) is 1. The summed E-state index contributed by atoms with van der Waals surface area (Å²) in [6.07, 6.45) is 5.12. The number of hydrogen-bond acceptors (Lipinski definition) is 7. The van der Waals surface area contributed by atoms with Gasteiger partial charge in [-0.1, -0.05) is 43.2 Å². The van der Waals surface area contributed by atoms with Gasteiger partial charge in [-0.15, -0.1) is 0 Å². The minimum absolute atomic E-state index is 0.111. The van der Waals surface area contributed by atoms with Gasteiger partial charge in [-0.3, -0.25) is 0 Å². The van der Waals surface area contributed by atoms with Crippen LogP contribution in [0.3, 0.4) is 0 Å². The van der Waals surface area contributed by atoms with Crippen molar-refractivity contribution in [3.05, 3.63) is 58.3 Å². The van der Waals surface area contributed by atoms with Gasteiger partial charge in [0.15, 0.2) is 6.29 Å². The lowest BCUT2D eigenvalue weighted by Crippen LogP contribution is -2.77. The molecule has 45 heavy (non-hydrogen) atoms. The molecule has 8 nitrogen and oxygen atoms in total. The van der Waals surface area contributed by atoms with E-state index in [4.69, 9.17) is 24.7 Å². The fourth-order valence-corrected chi connectivity index (χ4v) is 9.84. The van der Waals surface area contributed by atoms with Crippen molar-refractivity contribution in [2.45, 2.75) is 140 Å². The Kier molecular flexibility index (Phi) is 6.75. The summed E-state index contributed by atoms with van der Waals surface area (Å²) < 4.78 is 26.0. The van der Waals surface area contributed by atoms with E-state index in [1.807, 2.05) is 33.8 Å². The third-order valence-electron chi connectivity index (χ3n) is 12.5. The number of hydrogen-bond donors (Lipinski definition) is 3. The quantitative estimate of drug-likeness (QED) is 0.293. The summed E-state index contributed by atoms with van der Waals surface area (Å²) in [7, 11) is 0. The molecule has 7 rings (SSSR count). The number of fused-ring (bicyclic) bond motifs is 8. The van der Waals surface area contributed by atoms with Crippen molar-refractivity contribution in [1.82, 2.24) is 4.98 Å². The van der Waals surface area contributed by atoms with E-state index >= 15 is 0 Å². The van der Waals surface area contributed by atoms with Gasteiger partial charge in [-0.05, 0) is 90.5 Å². The smallest absolute Gasteiger partial charge is 0.178 e. The maximum atomic E-state index is 13.3. The fraction of sp³-hybridized carbons (Fsp3) is 0.649. The van der Waals surface area contributed by atoms with Gasteiger partial charge >= 0.3 is 0 Å². The molecule has 5 aliphatic rings. The molecule has 0 spiro atoms. The van der Waals surface area contributed by atoms with Crippen LogP contribution < -0.4 is 5.73 Å². The molecule has 3 unspecified atom stereocenters. The molecule has 1 saturated carbocycles. The molecule has 0 amide bonds. The number of nitriles is 1. The zero-order valence-electron chi connectivity index (χ0n) is 28.0. The van der Waals surface area contributed by atoms with Crippen LogP contribution >= 0.6 is 0 Å². The molecule has 4 N–H and O–H groups in total. The monoisotopic (exact) mass is 615 g/mol. The van der Waals surface area contributed by atoms with Crippen molar-refractivity contribution in [2.75, 3.05) is 6.61 Å². The number of aromatic nitrogens is 1. The number of nitrogens with two attached hydrogens (primary N) is 1. The molecule has 2 aliphatic carbocycles. The first-order valence-corrected chi connectivity index (χ1v) is 16.5. The largest absolute Gasteiger partial charge is 0.386 e. The highest BCUT2D eigenvalue weighted by Crippen LogP contribution is 2.72. The second kappa shape index (κ2) is 9.76. The Hall–Kier alpha value is -2.51. The molecule has 4 heterocycles. The average Bonchev–Trinajstić information content (AvgIpc) is 3.56. The molecule has 0 bridgehead atoms. The molecule has 2 aromatic rings. The zero-order chi connectivity index (χ0) is 32.4. The van der Waals surface area contributed by atoms with E-state index in [-0.39, 0.29) is 19.1 Å². The Morgan fingerprint density at radius 1 is 1.09 bits per heavy atom. The van der Waals surface area contributed by atoms with Gasteiger partial charge in [-0.25, -0.2) is 0 Å². The number of rotatable bonds is 5. The highest BCUT2D eigenvalue weighted by atomic mass is 16.8. The van der Waals surface area contributed by atoms with Crippen molar-refractivity contribution >= 4 is 10.9 Å². The lowest BCUT2D eigenvalue weighted by atomic mass is 9.42. The minimum atomic E-state index is -1.41. The lowest BCUT2D eigenvalue weighted by Gasteiger charge is -2.65. The maximum Gasteiger partial charge on any atom is 0.178 e. The van der Waals surface area contributed by atoms with Crippen molar-refractivity contribution < 1.29 is 24.1 Å². The van der Waals surface area contributed by atoms with Crippen LogP contribution in [0.5, 0.6) is 0 Å². The van der Waals surface area contributed by atoms with Crippen LogP contribution in [0, 0.1) is 16.7 Å². The maximum absolute atomic E-state index is 13.3. The average molecular weight is 616 g/mol. The normalized spacial score (nSPS) is 42.5. The standard InChI is InChI=1S/C37H49N3O5/c1-21(2)12-13-23-10-9-11-25-27(23)24-19-35(39)14-15-37(41,33(7,16-17-38)34(35,8)29(24)40-25)36-20-42-30-28(31(36)45-36)43-26(18-22(3)4)44-32(30,5)6/h9-12,18,26,28,30-31,40-41H,13-16,19-20,39H2,1-8H3/t26?,28-,30+,31?,33-,34-,35-,36?,37+/m1/s1. The van der Waals surface area contributed by atoms with E-state index in [0.29, 0.717) is 19.3 Å². The van der Waals surface area contributed by atoms with Crippen LogP contribution in [0.25, 0.3) is 10.9 Å². The van der Waals surface area contributed by atoms with Gasteiger partial charge in [0, 0.05) is 39.4 Å². The Morgan fingerprint density at radius 3 is 2.53 bits per heavy atom. The second-order valence-electron chi connectivity index (χ2n) is 15.9. The predicted molar refractivity (Wildman–Crippen MR) is 173 cm³/mol. The van der Waals surface area contributed by atoms with Gasteiger partial charge in [0.05, 0.1) is 18.3 Å². The van der Waals surface area contributed by atoms with Crippen LogP contribution in [0.4, 0.5) is 0 Å². The summed E-state index contributed by atoms with van der Waals surface area (Å²) >= 11 is 0. The molecule has 3 saturated heterocycles. The molecular formula is C37H49N3O5. The molecule has 4 fully saturated rings. The fourth-order valence-electron chi connectivity index (χ4n) is 9.84. The zero-order valence-corrected chi connectivity index (χ0v) is 28.0. The molecule has 9 atom stereocenters. The lowest BCUT2D eigenvalue weighted by molar-refractivity contribution is -0.323. The van der Waals surface area contributed by atoms with Gasteiger partial charge in [0.25, 0.3) is 0 Å². The minimum Gasteiger partial charge on any atom is -0.386 e. The van der Waals surface area contributed by atoms with Crippen molar-refractivity contribution in [3.63, 3.8) is 0 Å². The Bertz CT molecular complexity index is 1660. The first kappa shape index (κ1) is 31.1. The van der Waals surface area contributed by atoms with E-state index in [0.717, 1.165) is 23.2 Å². The Morgan fingerprint density at radius 2 is 1.84 bits per heavy atom. The third kappa shape index (κ3) is 3.92. The molecular weight excluding hydrogens is 566 g/mol. The van der Waals surface area contributed by atoms with E-state index in [2.05, 4.69) is 63.0 Å². The van der Waals surface area contributed by atoms with Crippen LogP contribution in [0.2, 0.25) is 0 Å². The van der Waals surface area contributed by atoms with Crippen molar-refractivity contribution in [3.8, 4) is 6.07 Å². The van der Waals surface area contributed by atoms with Gasteiger partial charge < -0.3 is 34.8 Å². The van der Waals surface area contributed by atoms with Crippen LogP contribution in [-0.4, -0.2) is 63.6 Å². The summed E-state index contributed by atoms with van der Waals surface area (Å²) in [4.78, 5) is 3.79. The third-order valence-corrected chi connectivity index (χ3v) is 12.5.